The molecule has 0 bridgehead atoms. The van der Waals surface area contributed by atoms with E-state index < -0.39 is 18.6 Å². The third kappa shape index (κ3) is 17.3. The largest absolute Gasteiger partial charge is 0.480 e. The summed E-state index contributed by atoms with van der Waals surface area (Å²) in [7, 11) is 0. The maximum atomic E-state index is 11.5. The minimum absolute atomic E-state index is 0.252. The van der Waals surface area contributed by atoms with Crippen LogP contribution in [0.15, 0.2) is 48.6 Å². The van der Waals surface area contributed by atoms with Crippen LogP contribution in [0.5, 0.6) is 0 Å². The zero-order chi connectivity index (χ0) is 20.9. The monoisotopic (exact) mass is 391 g/mol. The molecule has 1 atom stereocenters. The standard InChI is InChI=1S/C23H37NO4/c1-2-3-4-5-6-7-8-9-10-11-12-13-14-15-16-17-18-19-22(26)24-21(20-25)23(27)28/h6-7,9-10,12-13,15-16,21,25H,2-5,8,11,14,17-20H2,1H3,(H,24,26)(H,27,28)/b7-6+,10-9+,13-12+,16-15+. The number of carbonyl (C=O) groups is 2. The highest BCUT2D eigenvalue weighted by atomic mass is 16.4. The van der Waals surface area contributed by atoms with Gasteiger partial charge in [-0.25, -0.2) is 4.79 Å². The van der Waals surface area contributed by atoms with Crippen LogP contribution in [-0.4, -0.2) is 34.7 Å². The van der Waals surface area contributed by atoms with E-state index in [0.717, 1.165) is 25.7 Å². The van der Waals surface area contributed by atoms with Crippen LogP contribution in [0.1, 0.15) is 71.1 Å². The zero-order valence-electron chi connectivity index (χ0n) is 17.2. The molecular formula is C23H37NO4. The van der Waals surface area contributed by atoms with Crippen LogP contribution in [0, 0.1) is 0 Å². The predicted molar refractivity (Wildman–Crippen MR) is 115 cm³/mol. The molecule has 1 unspecified atom stereocenters. The molecule has 3 N–H and O–H groups in total. The molecule has 0 aliphatic carbocycles. The SMILES string of the molecule is CCCCC/C=C/C/C=C/C/C=C/C/C=C/CCCC(=O)NC(CO)C(=O)O. The van der Waals surface area contributed by atoms with Gasteiger partial charge in [-0.05, 0) is 44.9 Å². The van der Waals surface area contributed by atoms with Crippen LogP contribution < -0.4 is 5.32 Å². The van der Waals surface area contributed by atoms with Gasteiger partial charge in [0.15, 0.2) is 0 Å². The van der Waals surface area contributed by atoms with Gasteiger partial charge < -0.3 is 15.5 Å². The van der Waals surface area contributed by atoms with Gasteiger partial charge in [0.1, 0.15) is 6.04 Å². The summed E-state index contributed by atoms with van der Waals surface area (Å²) in [5.74, 6) is -1.58. The molecule has 28 heavy (non-hydrogen) atoms. The molecule has 0 fully saturated rings. The van der Waals surface area contributed by atoms with E-state index in [1.165, 1.54) is 25.7 Å². The maximum Gasteiger partial charge on any atom is 0.328 e. The van der Waals surface area contributed by atoms with E-state index in [4.69, 9.17) is 10.2 Å². The Kier molecular flexibility index (Phi) is 18.1. The molecular weight excluding hydrogens is 354 g/mol. The van der Waals surface area contributed by atoms with Crippen LogP contribution in [0.4, 0.5) is 0 Å². The first kappa shape index (κ1) is 25.9. The molecule has 0 spiro atoms. The maximum absolute atomic E-state index is 11.5. The summed E-state index contributed by atoms with van der Waals surface area (Å²) in [5.41, 5.74) is 0. The fourth-order valence-electron chi connectivity index (χ4n) is 2.39. The minimum Gasteiger partial charge on any atom is -0.480 e. The molecule has 5 nitrogen and oxygen atoms in total. The Morgan fingerprint density at radius 1 is 0.821 bits per heavy atom. The van der Waals surface area contributed by atoms with Gasteiger partial charge >= 0.3 is 5.97 Å². The highest BCUT2D eigenvalue weighted by molar-refractivity contribution is 5.83. The zero-order valence-corrected chi connectivity index (χ0v) is 17.2. The molecule has 158 valence electrons. The highest BCUT2D eigenvalue weighted by Crippen LogP contribution is 2.01. The lowest BCUT2D eigenvalue weighted by Crippen LogP contribution is -2.43. The minimum atomic E-state index is -1.23. The molecule has 0 rings (SSSR count). The fraction of sp³-hybridized carbons (Fsp3) is 0.565. The van der Waals surface area contributed by atoms with Gasteiger partial charge in [0, 0.05) is 6.42 Å². The van der Waals surface area contributed by atoms with Crippen LogP contribution in [-0.2, 0) is 9.59 Å². The highest BCUT2D eigenvalue weighted by Gasteiger charge is 2.17. The molecule has 0 saturated heterocycles. The second kappa shape index (κ2) is 19.6. The number of carbonyl (C=O) groups excluding carboxylic acids is 1. The molecule has 0 aliphatic rings. The molecule has 0 aromatic heterocycles. The van der Waals surface area contributed by atoms with E-state index in [0.29, 0.717) is 6.42 Å². The van der Waals surface area contributed by atoms with Gasteiger partial charge in [-0.15, -0.1) is 0 Å². The number of rotatable bonds is 17. The number of aliphatic carboxylic acids is 1. The first-order chi connectivity index (χ1) is 13.6. The number of carboxylic acids is 1. The van der Waals surface area contributed by atoms with Crippen molar-refractivity contribution < 1.29 is 19.8 Å². The molecule has 0 aliphatic heterocycles. The molecule has 0 saturated carbocycles. The van der Waals surface area contributed by atoms with Gasteiger partial charge in [0.05, 0.1) is 6.61 Å². The van der Waals surface area contributed by atoms with E-state index >= 15 is 0 Å². The van der Waals surface area contributed by atoms with Crippen LogP contribution in [0.3, 0.4) is 0 Å². The Bertz CT molecular complexity index is 521. The smallest absolute Gasteiger partial charge is 0.328 e. The Morgan fingerprint density at radius 2 is 1.32 bits per heavy atom. The molecule has 0 radical (unpaired) electrons. The summed E-state index contributed by atoms with van der Waals surface area (Å²) in [6, 6.07) is -1.22. The summed E-state index contributed by atoms with van der Waals surface area (Å²) >= 11 is 0. The van der Waals surface area contributed by atoms with Crippen molar-refractivity contribution in [1.29, 1.82) is 0 Å². The van der Waals surface area contributed by atoms with Crippen molar-refractivity contribution in [2.24, 2.45) is 0 Å². The van der Waals surface area contributed by atoms with E-state index in [2.05, 4.69) is 54.8 Å². The van der Waals surface area contributed by atoms with Crippen LogP contribution >= 0.6 is 0 Å². The van der Waals surface area contributed by atoms with Gasteiger partial charge in [-0.3, -0.25) is 4.79 Å². The van der Waals surface area contributed by atoms with E-state index in [1.807, 2.05) is 6.08 Å². The normalized spacial score (nSPS) is 13.2. The summed E-state index contributed by atoms with van der Waals surface area (Å²) in [6.07, 6.45) is 26.7. The van der Waals surface area contributed by atoms with Crippen molar-refractivity contribution in [2.45, 2.75) is 77.2 Å². The van der Waals surface area contributed by atoms with E-state index in [-0.39, 0.29) is 12.3 Å². The van der Waals surface area contributed by atoms with Crippen LogP contribution in [0.2, 0.25) is 0 Å². The van der Waals surface area contributed by atoms with Crippen LogP contribution in [0.25, 0.3) is 0 Å². The lowest BCUT2D eigenvalue weighted by Gasteiger charge is -2.10. The topological polar surface area (TPSA) is 86.6 Å². The summed E-state index contributed by atoms with van der Waals surface area (Å²) in [6.45, 7) is 1.62. The lowest BCUT2D eigenvalue weighted by molar-refractivity contribution is -0.142. The van der Waals surface area contributed by atoms with Crippen molar-refractivity contribution in [3.05, 3.63) is 48.6 Å². The second-order valence-corrected chi connectivity index (χ2v) is 6.62. The quantitative estimate of drug-likeness (QED) is 0.248. The first-order valence-electron chi connectivity index (χ1n) is 10.3. The number of hydrogen-bond donors (Lipinski definition) is 3. The molecule has 0 aromatic carbocycles. The van der Waals surface area contributed by atoms with Crippen molar-refractivity contribution in [1.82, 2.24) is 5.32 Å². The Labute approximate surface area is 169 Å². The number of hydrogen-bond acceptors (Lipinski definition) is 3. The van der Waals surface area contributed by atoms with E-state index in [1.54, 1.807) is 0 Å². The third-order valence-electron chi connectivity index (χ3n) is 4.05. The number of aliphatic hydroxyl groups excluding tert-OH is 1. The van der Waals surface area contributed by atoms with Crippen molar-refractivity contribution >= 4 is 11.9 Å². The molecule has 0 heterocycles. The first-order valence-corrected chi connectivity index (χ1v) is 10.3. The molecule has 0 aromatic rings. The average Bonchev–Trinajstić information content (AvgIpc) is 2.68. The number of carboxylic acid groups (broad SMARTS) is 1. The van der Waals surface area contributed by atoms with Gasteiger partial charge in [-0.1, -0.05) is 68.4 Å². The number of aliphatic hydroxyl groups is 1. The van der Waals surface area contributed by atoms with Gasteiger partial charge in [-0.2, -0.15) is 0 Å². The Balaban J connectivity index is 3.62. The number of unbranched alkanes of at least 4 members (excludes halogenated alkanes) is 4. The predicted octanol–water partition coefficient (Wildman–Crippen LogP) is 4.69. The number of allylic oxidation sites excluding steroid dienone is 8. The average molecular weight is 392 g/mol. The van der Waals surface area contributed by atoms with E-state index in [9.17, 15) is 9.59 Å². The van der Waals surface area contributed by atoms with Gasteiger partial charge in [0.25, 0.3) is 0 Å². The lowest BCUT2D eigenvalue weighted by atomic mass is 10.2. The number of nitrogens with one attached hydrogen (secondary N) is 1. The third-order valence-corrected chi connectivity index (χ3v) is 4.05. The Morgan fingerprint density at radius 3 is 1.79 bits per heavy atom. The molecule has 5 heteroatoms. The van der Waals surface area contributed by atoms with Crippen molar-refractivity contribution in [3.8, 4) is 0 Å². The van der Waals surface area contributed by atoms with Crippen molar-refractivity contribution in [2.75, 3.05) is 6.61 Å². The summed E-state index contributed by atoms with van der Waals surface area (Å²) in [4.78, 5) is 22.2. The number of amides is 1. The second-order valence-electron chi connectivity index (χ2n) is 6.62. The Hall–Kier alpha value is -2.14. The summed E-state index contributed by atoms with van der Waals surface area (Å²) < 4.78 is 0. The summed E-state index contributed by atoms with van der Waals surface area (Å²) in [5, 5.41) is 19.9. The van der Waals surface area contributed by atoms with Crippen molar-refractivity contribution in [3.63, 3.8) is 0 Å². The fourth-order valence-corrected chi connectivity index (χ4v) is 2.39. The molecule has 1 amide bonds. The van der Waals surface area contributed by atoms with Gasteiger partial charge in [0.2, 0.25) is 5.91 Å².